The van der Waals surface area contributed by atoms with Gasteiger partial charge in [0.05, 0.1) is 19.3 Å². The van der Waals surface area contributed by atoms with Crippen molar-refractivity contribution in [1.82, 2.24) is 15.5 Å². The Hall–Kier alpha value is -2.39. The van der Waals surface area contributed by atoms with E-state index in [4.69, 9.17) is 14.0 Å². The second kappa shape index (κ2) is 8.13. The van der Waals surface area contributed by atoms with E-state index in [1.165, 1.54) is 6.07 Å². The molecule has 1 aromatic carbocycles. The number of hydrogen-bond donors (Lipinski definition) is 1. The third-order valence-corrected chi connectivity index (χ3v) is 3.65. The van der Waals surface area contributed by atoms with Gasteiger partial charge in [-0.1, -0.05) is 11.2 Å². The summed E-state index contributed by atoms with van der Waals surface area (Å²) in [6.07, 6.45) is 1.98. The molecule has 1 aliphatic heterocycles. The van der Waals surface area contributed by atoms with E-state index in [1.54, 1.807) is 0 Å². The molecular weight excluding hydrogens is 336 g/mol. The van der Waals surface area contributed by atoms with Gasteiger partial charge in [0.1, 0.15) is 23.8 Å². The highest BCUT2D eigenvalue weighted by Gasteiger charge is 2.18. The fourth-order valence-electron chi connectivity index (χ4n) is 2.42. The van der Waals surface area contributed by atoms with E-state index in [0.29, 0.717) is 6.61 Å². The maximum atomic E-state index is 13.7. The number of ether oxygens (including phenoxy) is 2. The zero-order valence-electron chi connectivity index (χ0n) is 13.3. The van der Waals surface area contributed by atoms with Gasteiger partial charge in [-0.2, -0.15) is 4.98 Å². The molecule has 1 saturated heterocycles. The van der Waals surface area contributed by atoms with Gasteiger partial charge >= 0.3 is 0 Å². The van der Waals surface area contributed by atoms with Crippen molar-refractivity contribution in [2.45, 2.75) is 25.5 Å². The first-order valence-electron chi connectivity index (χ1n) is 7.86. The Bertz CT molecular complexity index is 712. The number of amides is 1. The quantitative estimate of drug-likeness (QED) is 0.817. The fourth-order valence-corrected chi connectivity index (χ4v) is 2.42. The van der Waals surface area contributed by atoms with Gasteiger partial charge in [-0.3, -0.25) is 4.79 Å². The Morgan fingerprint density at radius 1 is 1.36 bits per heavy atom. The van der Waals surface area contributed by atoms with Crippen molar-refractivity contribution in [3.8, 4) is 11.5 Å². The van der Waals surface area contributed by atoms with Gasteiger partial charge in [0, 0.05) is 6.61 Å². The summed E-state index contributed by atoms with van der Waals surface area (Å²) in [5.41, 5.74) is -0.396. The summed E-state index contributed by atoms with van der Waals surface area (Å²) in [5, 5.41) is 6.14. The van der Waals surface area contributed by atoms with Crippen LogP contribution in [0.15, 0.2) is 22.7 Å². The lowest BCUT2D eigenvalue weighted by Crippen LogP contribution is -2.29. The van der Waals surface area contributed by atoms with Gasteiger partial charge < -0.3 is 19.3 Å². The van der Waals surface area contributed by atoms with E-state index < -0.39 is 17.2 Å². The second-order valence-corrected chi connectivity index (χ2v) is 5.54. The zero-order valence-corrected chi connectivity index (χ0v) is 13.3. The molecule has 0 spiro atoms. The largest absolute Gasteiger partial charge is 0.376 e. The number of nitrogens with one attached hydrogen (secondary N) is 1. The Balaban J connectivity index is 1.47. The maximum Gasteiger partial charge on any atom is 0.263 e. The molecule has 0 unspecified atom stereocenters. The summed E-state index contributed by atoms with van der Waals surface area (Å²) >= 11 is 0. The van der Waals surface area contributed by atoms with Crippen molar-refractivity contribution in [1.29, 1.82) is 0 Å². The number of benzene rings is 1. The Morgan fingerprint density at radius 2 is 2.16 bits per heavy atom. The van der Waals surface area contributed by atoms with Crippen molar-refractivity contribution < 1.29 is 27.6 Å². The van der Waals surface area contributed by atoms with Crippen LogP contribution >= 0.6 is 0 Å². The van der Waals surface area contributed by atoms with Crippen LogP contribution in [0, 0.1) is 11.6 Å². The van der Waals surface area contributed by atoms with Crippen LogP contribution in [-0.4, -0.2) is 42.0 Å². The van der Waals surface area contributed by atoms with E-state index in [1.807, 2.05) is 0 Å². The lowest BCUT2D eigenvalue weighted by atomic mass is 10.2. The van der Waals surface area contributed by atoms with Crippen LogP contribution < -0.4 is 5.32 Å². The summed E-state index contributed by atoms with van der Waals surface area (Å²) < 4.78 is 42.8. The molecule has 134 valence electrons. The van der Waals surface area contributed by atoms with Crippen LogP contribution in [0.1, 0.15) is 18.7 Å². The Kier molecular flexibility index (Phi) is 5.67. The minimum atomic E-state index is -0.804. The van der Waals surface area contributed by atoms with Crippen LogP contribution in [0.4, 0.5) is 8.78 Å². The number of hydrogen-bond acceptors (Lipinski definition) is 6. The van der Waals surface area contributed by atoms with E-state index >= 15 is 0 Å². The molecule has 2 aromatic rings. The third-order valence-electron chi connectivity index (χ3n) is 3.65. The Labute approximate surface area is 142 Å². The topological polar surface area (TPSA) is 86.5 Å². The molecule has 1 amide bonds. The van der Waals surface area contributed by atoms with Crippen LogP contribution in [0.3, 0.4) is 0 Å². The molecule has 9 heteroatoms. The SMILES string of the molecule is O=C(COC[C@H]1CCCO1)NCc1noc(-c2c(F)cccc2F)n1. The summed E-state index contributed by atoms with van der Waals surface area (Å²) in [7, 11) is 0. The van der Waals surface area contributed by atoms with Gasteiger partial charge in [-0.15, -0.1) is 0 Å². The molecular formula is C16H17F2N3O4. The average Bonchev–Trinajstić information content (AvgIpc) is 3.25. The van der Waals surface area contributed by atoms with E-state index in [0.717, 1.165) is 31.6 Å². The minimum Gasteiger partial charge on any atom is -0.376 e. The number of carbonyl (C=O) groups excluding carboxylic acids is 1. The fraction of sp³-hybridized carbons (Fsp3) is 0.438. The van der Waals surface area contributed by atoms with Gasteiger partial charge in [0.2, 0.25) is 5.91 Å². The van der Waals surface area contributed by atoms with Crippen LogP contribution in [0.25, 0.3) is 11.5 Å². The molecule has 1 atom stereocenters. The summed E-state index contributed by atoms with van der Waals surface area (Å²) in [4.78, 5) is 15.6. The van der Waals surface area contributed by atoms with E-state index in [9.17, 15) is 13.6 Å². The second-order valence-electron chi connectivity index (χ2n) is 5.54. The highest BCUT2D eigenvalue weighted by Crippen LogP contribution is 2.24. The number of carbonyl (C=O) groups is 1. The summed E-state index contributed by atoms with van der Waals surface area (Å²) in [5.74, 6) is -2.15. The van der Waals surface area contributed by atoms with Crippen molar-refractivity contribution in [3.63, 3.8) is 0 Å². The number of nitrogens with zero attached hydrogens (tertiary/aromatic N) is 2. The Morgan fingerprint density at radius 3 is 2.88 bits per heavy atom. The molecule has 1 aliphatic rings. The number of rotatable bonds is 7. The average molecular weight is 353 g/mol. The normalized spacial score (nSPS) is 17.0. The molecule has 2 heterocycles. The predicted molar refractivity (Wildman–Crippen MR) is 81.3 cm³/mol. The lowest BCUT2D eigenvalue weighted by Gasteiger charge is -2.09. The third kappa shape index (κ3) is 4.58. The molecule has 0 saturated carbocycles. The van der Waals surface area contributed by atoms with Crippen LogP contribution in [-0.2, 0) is 20.8 Å². The summed E-state index contributed by atoms with van der Waals surface area (Å²) in [6, 6.07) is 3.42. The molecule has 1 aromatic heterocycles. The molecule has 7 nitrogen and oxygen atoms in total. The highest BCUT2D eigenvalue weighted by atomic mass is 19.1. The lowest BCUT2D eigenvalue weighted by molar-refractivity contribution is -0.127. The first-order valence-corrected chi connectivity index (χ1v) is 7.86. The smallest absolute Gasteiger partial charge is 0.263 e. The highest BCUT2D eigenvalue weighted by molar-refractivity contribution is 5.77. The van der Waals surface area contributed by atoms with Crippen molar-refractivity contribution in [3.05, 3.63) is 35.7 Å². The number of halogens is 2. The first kappa shape index (κ1) is 17.4. The summed E-state index contributed by atoms with van der Waals surface area (Å²) in [6.45, 7) is 0.934. The van der Waals surface area contributed by atoms with Gasteiger partial charge in [-0.25, -0.2) is 8.78 Å². The number of aromatic nitrogens is 2. The zero-order chi connectivity index (χ0) is 17.6. The van der Waals surface area contributed by atoms with Crippen LogP contribution in [0.2, 0.25) is 0 Å². The van der Waals surface area contributed by atoms with E-state index in [-0.39, 0.29) is 36.9 Å². The van der Waals surface area contributed by atoms with Crippen molar-refractivity contribution in [2.75, 3.05) is 19.8 Å². The van der Waals surface area contributed by atoms with Gasteiger partial charge in [-0.05, 0) is 25.0 Å². The minimum absolute atomic E-state index is 0.0400. The molecule has 1 N–H and O–H groups in total. The molecule has 1 fully saturated rings. The van der Waals surface area contributed by atoms with Crippen LogP contribution in [0.5, 0.6) is 0 Å². The molecule has 25 heavy (non-hydrogen) atoms. The van der Waals surface area contributed by atoms with Crippen molar-refractivity contribution in [2.24, 2.45) is 0 Å². The maximum absolute atomic E-state index is 13.7. The van der Waals surface area contributed by atoms with E-state index in [2.05, 4.69) is 15.5 Å². The monoisotopic (exact) mass is 353 g/mol. The molecule has 0 bridgehead atoms. The molecule has 0 aliphatic carbocycles. The van der Waals surface area contributed by atoms with Gasteiger partial charge in [0.25, 0.3) is 5.89 Å². The first-order chi connectivity index (χ1) is 12.1. The van der Waals surface area contributed by atoms with Crippen molar-refractivity contribution >= 4 is 5.91 Å². The standard InChI is InChI=1S/C16H17F2N3O4/c17-11-4-1-5-12(18)15(11)16-20-13(21-25-16)7-19-14(22)9-23-8-10-3-2-6-24-10/h1,4-5,10H,2-3,6-9H2,(H,19,22)/t10-/m1/s1. The predicted octanol–water partition coefficient (Wildman–Crippen LogP) is 1.83. The molecule has 0 radical (unpaired) electrons. The molecule has 3 rings (SSSR count). The van der Waals surface area contributed by atoms with Gasteiger partial charge in [0.15, 0.2) is 5.82 Å².